The Labute approximate surface area is 311 Å². The van der Waals surface area contributed by atoms with E-state index in [0.29, 0.717) is 11.8 Å². The second-order valence-electron chi connectivity index (χ2n) is 15.8. The third-order valence-corrected chi connectivity index (χ3v) is 10.7. The van der Waals surface area contributed by atoms with Crippen molar-refractivity contribution in [1.82, 2.24) is 0 Å². The molecular weight excluding hydrogens is 629 g/mol. The van der Waals surface area contributed by atoms with E-state index in [4.69, 9.17) is 0 Å². The van der Waals surface area contributed by atoms with E-state index in [1.807, 2.05) is 0 Å². The zero-order valence-electron chi connectivity index (χ0n) is 32.6. The smallest absolute Gasteiger partial charge is 0.0565 e. The first kappa shape index (κ1) is 35.3. The first-order valence-electron chi connectivity index (χ1n) is 19.2. The Morgan fingerprint density at radius 2 is 1.31 bits per heavy atom. The number of allylic oxidation sites excluding steroid dienone is 5. The summed E-state index contributed by atoms with van der Waals surface area (Å²) < 4.78 is 0. The van der Waals surface area contributed by atoms with Crippen molar-refractivity contribution < 1.29 is 0 Å². The van der Waals surface area contributed by atoms with Gasteiger partial charge in [-0.1, -0.05) is 118 Å². The number of hydrogen-bond acceptors (Lipinski definition) is 2. The molecule has 0 amide bonds. The van der Waals surface area contributed by atoms with Gasteiger partial charge in [-0.15, -0.1) is 0 Å². The lowest BCUT2D eigenvalue weighted by molar-refractivity contribution is 0.662. The molecule has 7 rings (SSSR count). The molecule has 0 bridgehead atoms. The standard InChI is InChI=1S/C50H54N2/c1-10-41(13-11-12-32(2)3)51(43-28-34(6)26-35(7)29-43)47-24-18-39-17-23-46-48(25-19-40-16-22-45(47)49(39)50(40)46)52(44-30-36(8)27-37(9)31-44)42-20-14-38(15-21-42)33(4)5/h10-11,13-28,30-33,43H,12,29H2,1-9H3/b13-11-,41-10+. The highest BCUT2D eigenvalue weighted by Gasteiger charge is 2.26. The summed E-state index contributed by atoms with van der Waals surface area (Å²) >= 11 is 0. The summed E-state index contributed by atoms with van der Waals surface area (Å²) in [6.45, 7) is 20.2. The predicted molar refractivity (Wildman–Crippen MR) is 229 cm³/mol. The summed E-state index contributed by atoms with van der Waals surface area (Å²) in [6, 6.07) is 35.0. The molecule has 0 fully saturated rings. The lowest BCUT2D eigenvalue weighted by atomic mass is 9.90. The Morgan fingerprint density at radius 3 is 1.88 bits per heavy atom. The number of anilines is 4. The maximum atomic E-state index is 2.60. The summed E-state index contributed by atoms with van der Waals surface area (Å²) in [5.74, 6) is 1.10. The van der Waals surface area contributed by atoms with Crippen molar-refractivity contribution in [2.24, 2.45) is 5.92 Å². The average molecular weight is 683 g/mol. The summed E-state index contributed by atoms with van der Waals surface area (Å²) in [4.78, 5) is 5.06. The normalized spacial score (nSPS) is 15.4. The number of rotatable bonds is 10. The molecule has 2 nitrogen and oxygen atoms in total. The molecule has 1 aliphatic rings. The van der Waals surface area contributed by atoms with Gasteiger partial charge in [-0.25, -0.2) is 0 Å². The van der Waals surface area contributed by atoms with E-state index in [1.165, 1.54) is 88.6 Å². The zero-order chi connectivity index (χ0) is 36.7. The molecule has 1 aliphatic carbocycles. The topological polar surface area (TPSA) is 6.48 Å². The van der Waals surface area contributed by atoms with Crippen molar-refractivity contribution >= 4 is 55.1 Å². The molecule has 0 radical (unpaired) electrons. The van der Waals surface area contributed by atoms with Gasteiger partial charge in [-0.05, 0) is 140 Å². The maximum absolute atomic E-state index is 2.60. The van der Waals surface area contributed by atoms with Crippen molar-refractivity contribution in [2.45, 2.75) is 87.1 Å². The molecule has 264 valence electrons. The third kappa shape index (κ3) is 6.80. The van der Waals surface area contributed by atoms with Gasteiger partial charge in [-0.2, -0.15) is 0 Å². The molecule has 0 aromatic heterocycles. The molecule has 0 heterocycles. The fraction of sp³-hybridized carbons (Fsp3) is 0.280. The first-order chi connectivity index (χ1) is 25.0. The van der Waals surface area contributed by atoms with E-state index < -0.39 is 0 Å². The zero-order valence-corrected chi connectivity index (χ0v) is 32.6. The number of nitrogens with zero attached hydrogens (tertiary/aromatic N) is 2. The Hall–Kier alpha value is -5.08. The van der Waals surface area contributed by atoms with Crippen molar-refractivity contribution in [1.29, 1.82) is 0 Å². The Balaban J connectivity index is 1.47. The SMILES string of the molecule is C/C=C(\C=C/CC(C)C)N(c1ccc2ccc3c(N(c4ccc(C(C)C)cc4)c4cc(C)cc(C)c4)ccc4ccc1c2c43)C1C=C(C)C=C(C)C1. The molecule has 0 spiro atoms. The van der Waals surface area contributed by atoms with Crippen LogP contribution in [0, 0.1) is 19.8 Å². The van der Waals surface area contributed by atoms with Crippen LogP contribution in [0.2, 0.25) is 0 Å². The van der Waals surface area contributed by atoms with E-state index in [-0.39, 0.29) is 6.04 Å². The molecule has 0 saturated heterocycles. The molecule has 0 saturated carbocycles. The van der Waals surface area contributed by atoms with Crippen LogP contribution in [0.1, 0.15) is 83.9 Å². The molecule has 6 aromatic carbocycles. The van der Waals surface area contributed by atoms with Crippen molar-refractivity contribution in [3.8, 4) is 0 Å². The van der Waals surface area contributed by atoms with Crippen LogP contribution in [-0.4, -0.2) is 6.04 Å². The van der Waals surface area contributed by atoms with Crippen molar-refractivity contribution in [2.75, 3.05) is 9.80 Å². The fourth-order valence-corrected chi connectivity index (χ4v) is 8.33. The van der Waals surface area contributed by atoms with E-state index in [9.17, 15) is 0 Å². The van der Waals surface area contributed by atoms with Gasteiger partial charge >= 0.3 is 0 Å². The van der Waals surface area contributed by atoms with Gasteiger partial charge in [0.1, 0.15) is 0 Å². The Bertz CT molecular complexity index is 2340. The van der Waals surface area contributed by atoms with E-state index in [1.54, 1.807) is 0 Å². The highest BCUT2D eigenvalue weighted by atomic mass is 15.2. The summed E-state index contributed by atoms with van der Waals surface area (Å²) in [5.41, 5.74) is 12.7. The van der Waals surface area contributed by atoms with Crippen LogP contribution in [0.5, 0.6) is 0 Å². The highest BCUT2D eigenvalue weighted by Crippen LogP contribution is 2.47. The van der Waals surface area contributed by atoms with Crippen LogP contribution in [0.15, 0.2) is 138 Å². The van der Waals surface area contributed by atoms with Crippen LogP contribution in [0.3, 0.4) is 0 Å². The number of hydrogen-bond donors (Lipinski definition) is 0. The summed E-state index contributed by atoms with van der Waals surface area (Å²) in [7, 11) is 0. The van der Waals surface area contributed by atoms with Crippen LogP contribution in [0.4, 0.5) is 22.7 Å². The quantitative estimate of drug-likeness (QED) is 0.105. The minimum Gasteiger partial charge on any atom is -0.334 e. The largest absolute Gasteiger partial charge is 0.334 e. The van der Waals surface area contributed by atoms with Gasteiger partial charge in [0.15, 0.2) is 0 Å². The number of benzene rings is 6. The number of aryl methyl sites for hydroxylation is 2. The second kappa shape index (κ2) is 14.5. The molecule has 52 heavy (non-hydrogen) atoms. The lowest BCUT2D eigenvalue weighted by Crippen LogP contribution is -2.34. The van der Waals surface area contributed by atoms with Crippen LogP contribution < -0.4 is 9.80 Å². The summed E-state index contributed by atoms with van der Waals surface area (Å²) in [6.07, 6.45) is 13.8. The van der Waals surface area contributed by atoms with Gasteiger partial charge in [0.2, 0.25) is 0 Å². The lowest BCUT2D eigenvalue weighted by Gasteiger charge is -2.36. The Kier molecular flexibility index (Phi) is 9.86. The van der Waals surface area contributed by atoms with Crippen LogP contribution in [0.25, 0.3) is 32.3 Å². The van der Waals surface area contributed by atoms with Crippen molar-refractivity contribution in [3.05, 3.63) is 155 Å². The van der Waals surface area contributed by atoms with Gasteiger partial charge in [0.25, 0.3) is 0 Å². The van der Waals surface area contributed by atoms with Gasteiger partial charge in [-0.3, -0.25) is 0 Å². The molecule has 0 N–H and O–H groups in total. The Morgan fingerprint density at radius 1 is 0.712 bits per heavy atom. The fourth-order valence-electron chi connectivity index (χ4n) is 8.33. The van der Waals surface area contributed by atoms with E-state index in [2.05, 4.69) is 193 Å². The highest BCUT2D eigenvalue weighted by molar-refractivity contribution is 6.27. The summed E-state index contributed by atoms with van der Waals surface area (Å²) in [5, 5.41) is 7.76. The molecule has 1 atom stereocenters. The van der Waals surface area contributed by atoms with Gasteiger partial charge in [0, 0.05) is 33.5 Å². The third-order valence-electron chi connectivity index (χ3n) is 10.7. The molecule has 6 aromatic rings. The molecular formula is C50H54N2. The van der Waals surface area contributed by atoms with E-state index >= 15 is 0 Å². The second-order valence-corrected chi connectivity index (χ2v) is 15.8. The van der Waals surface area contributed by atoms with Crippen molar-refractivity contribution in [3.63, 3.8) is 0 Å². The van der Waals surface area contributed by atoms with Gasteiger partial charge in [0.05, 0.1) is 11.7 Å². The van der Waals surface area contributed by atoms with E-state index in [0.717, 1.165) is 12.8 Å². The van der Waals surface area contributed by atoms with Gasteiger partial charge < -0.3 is 9.80 Å². The minimum absolute atomic E-state index is 0.225. The monoisotopic (exact) mass is 682 g/mol. The first-order valence-corrected chi connectivity index (χ1v) is 19.2. The predicted octanol–water partition coefficient (Wildman–Crippen LogP) is 14.8. The maximum Gasteiger partial charge on any atom is 0.0565 e. The average Bonchev–Trinajstić information content (AvgIpc) is 3.10. The van der Waals surface area contributed by atoms with Crippen LogP contribution in [-0.2, 0) is 0 Å². The minimum atomic E-state index is 0.225. The molecule has 1 unspecified atom stereocenters. The molecule has 2 heteroatoms. The van der Waals surface area contributed by atoms with Crippen LogP contribution >= 0.6 is 0 Å². The molecule has 0 aliphatic heterocycles.